The molecule has 1 aromatic heterocycles. The first-order valence-corrected chi connectivity index (χ1v) is 7.22. The van der Waals surface area contributed by atoms with Crippen LogP contribution in [0.15, 0.2) is 29.1 Å². The molecular formula is C16H13F2N3O4. The summed E-state index contributed by atoms with van der Waals surface area (Å²) in [6.45, 7) is 0.856. The molecule has 0 saturated heterocycles. The lowest BCUT2D eigenvalue weighted by molar-refractivity contribution is 0.0818. The standard InChI is InChI=1S/C16H13F2N3O4/c1-7-2-3-9(10(4-7)25-6-11(17)18)21-12(22)5-8-13(14(21)19)16(24)20-15(8)23/h2-5,11H,6,19H2,1H3,(H,20,23,24). The number of alkyl halides is 2. The van der Waals surface area contributed by atoms with Gasteiger partial charge in [0.2, 0.25) is 0 Å². The number of aryl methyl sites for hydroxylation is 1. The molecule has 3 N–H and O–H groups in total. The predicted molar refractivity (Wildman–Crippen MR) is 84.5 cm³/mol. The molecular weight excluding hydrogens is 336 g/mol. The Morgan fingerprint density at radius 3 is 2.60 bits per heavy atom. The molecule has 0 atom stereocenters. The van der Waals surface area contributed by atoms with Crippen molar-refractivity contribution in [2.24, 2.45) is 0 Å². The minimum atomic E-state index is -2.70. The fraction of sp³-hybridized carbons (Fsp3) is 0.188. The Morgan fingerprint density at radius 2 is 1.92 bits per heavy atom. The van der Waals surface area contributed by atoms with Crippen molar-refractivity contribution in [2.45, 2.75) is 13.3 Å². The number of amides is 2. The van der Waals surface area contributed by atoms with Gasteiger partial charge in [-0.2, -0.15) is 0 Å². The second-order valence-electron chi connectivity index (χ2n) is 5.45. The number of pyridine rings is 1. The van der Waals surface area contributed by atoms with E-state index >= 15 is 0 Å². The lowest BCUT2D eigenvalue weighted by Crippen LogP contribution is -2.24. The first-order valence-electron chi connectivity index (χ1n) is 7.22. The third-order valence-corrected chi connectivity index (χ3v) is 3.67. The Labute approximate surface area is 140 Å². The van der Waals surface area contributed by atoms with Crippen LogP contribution in [0.2, 0.25) is 0 Å². The first-order chi connectivity index (χ1) is 11.8. The molecule has 1 aromatic carbocycles. The van der Waals surface area contributed by atoms with Gasteiger partial charge in [0, 0.05) is 6.07 Å². The second-order valence-corrected chi connectivity index (χ2v) is 5.45. The normalized spacial score (nSPS) is 13.1. The highest BCUT2D eigenvalue weighted by molar-refractivity contribution is 6.23. The number of carbonyl (C=O) groups excluding carboxylic acids is 2. The van der Waals surface area contributed by atoms with Gasteiger partial charge in [-0.05, 0) is 24.6 Å². The van der Waals surface area contributed by atoms with E-state index in [4.69, 9.17) is 10.5 Å². The summed E-state index contributed by atoms with van der Waals surface area (Å²) in [5.74, 6) is -1.70. The van der Waals surface area contributed by atoms with Gasteiger partial charge in [0.15, 0.2) is 0 Å². The van der Waals surface area contributed by atoms with Crippen molar-refractivity contribution in [3.05, 3.63) is 51.3 Å². The SMILES string of the molecule is Cc1ccc(-n2c(N)c3c(cc2=O)C(=O)NC3=O)c(OCC(F)F)c1. The van der Waals surface area contributed by atoms with Crippen LogP contribution < -0.4 is 21.3 Å². The van der Waals surface area contributed by atoms with Crippen LogP contribution in [0.4, 0.5) is 14.6 Å². The summed E-state index contributed by atoms with van der Waals surface area (Å²) in [7, 11) is 0. The molecule has 25 heavy (non-hydrogen) atoms. The smallest absolute Gasteiger partial charge is 0.272 e. The highest BCUT2D eigenvalue weighted by Gasteiger charge is 2.32. The van der Waals surface area contributed by atoms with Gasteiger partial charge in [-0.3, -0.25) is 24.3 Å². The number of halogens is 2. The minimum absolute atomic E-state index is 0.0128. The Kier molecular flexibility index (Phi) is 3.99. The average molecular weight is 349 g/mol. The Balaban J connectivity index is 2.21. The topological polar surface area (TPSA) is 103 Å². The first kappa shape index (κ1) is 16.6. The fourth-order valence-electron chi connectivity index (χ4n) is 2.60. The number of imide groups is 1. The summed E-state index contributed by atoms with van der Waals surface area (Å²) in [4.78, 5) is 36.0. The van der Waals surface area contributed by atoms with Crippen LogP contribution in [0, 0.1) is 6.92 Å². The lowest BCUT2D eigenvalue weighted by Gasteiger charge is -2.16. The van der Waals surface area contributed by atoms with Gasteiger partial charge in [-0.1, -0.05) is 6.07 Å². The number of fused-ring (bicyclic) bond motifs is 1. The number of hydrogen-bond acceptors (Lipinski definition) is 5. The molecule has 3 rings (SSSR count). The molecule has 0 fully saturated rings. The van der Waals surface area contributed by atoms with E-state index in [0.717, 1.165) is 10.6 Å². The maximum absolute atomic E-state index is 12.5. The molecule has 0 radical (unpaired) electrons. The number of nitrogens with two attached hydrogens (primary N) is 1. The minimum Gasteiger partial charge on any atom is -0.485 e. The number of nitrogen functional groups attached to an aromatic ring is 1. The van der Waals surface area contributed by atoms with E-state index in [1.54, 1.807) is 13.0 Å². The number of nitrogens with zero attached hydrogens (tertiary/aromatic N) is 1. The van der Waals surface area contributed by atoms with Crippen molar-refractivity contribution >= 4 is 17.6 Å². The van der Waals surface area contributed by atoms with Gasteiger partial charge in [-0.25, -0.2) is 8.78 Å². The highest BCUT2D eigenvalue weighted by Crippen LogP contribution is 2.29. The number of carbonyl (C=O) groups is 2. The van der Waals surface area contributed by atoms with E-state index in [1.807, 2.05) is 0 Å². The zero-order chi connectivity index (χ0) is 18.3. The van der Waals surface area contributed by atoms with Crippen molar-refractivity contribution in [3.8, 4) is 11.4 Å². The van der Waals surface area contributed by atoms with Crippen LogP contribution in [-0.2, 0) is 0 Å². The van der Waals surface area contributed by atoms with Gasteiger partial charge in [-0.15, -0.1) is 0 Å². The van der Waals surface area contributed by atoms with Crippen LogP contribution in [-0.4, -0.2) is 29.4 Å². The van der Waals surface area contributed by atoms with E-state index in [1.165, 1.54) is 12.1 Å². The number of benzene rings is 1. The third kappa shape index (κ3) is 2.84. The summed E-state index contributed by atoms with van der Waals surface area (Å²) >= 11 is 0. The van der Waals surface area contributed by atoms with Gasteiger partial charge < -0.3 is 10.5 Å². The summed E-state index contributed by atoms with van der Waals surface area (Å²) < 4.78 is 31.0. The molecule has 9 heteroatoms. The van der Waals surface area contributed by atoms with Crippen molar-refractivity contribution in [1.82, 2.24) is 9.88 Å². The number of ether oxygens (including phenoxy) is 1. The van der Waals surface area contributed by atoms with E-state index in [-0.39, 0.29) is 28.4 Å². The number of hydrogen-bond donors (Lipinski definition) is 2. The van der Waals surface area contributed by atoms with Crippen molar-refractivity contribution in [3.63, 3.8) is 0 Å². The van der Waals surface area contributed by atoms with Gasteiger partial charge in [0.25, 0.3) is 23.8 Å². The second kappa shape index (κ2) is 6.00. The van der Waals surface area contributed by atoms with E-state index < -0.39 is 30.4 Å². The van der Waals surface area contributed by atoms with Crippen LogP contribution >= 0.6 is 0 Å². The van der Waals surface area contributed by atoms with Crippen LogP contribution in [0.3, 0.4) is 0 Å². The summed E-state index contributed by atoms with van der Waals surface area (Å²) in [5, 5.41) is 2.05. The Bertz CT molecular complexity index is 953. The summed E-state index contributed by atoms with van der Waals surface area (Å²) in [6, 6.07) is 5.55. The molecule has 0 saturated carbocycles. The molecule has 0 unspecified atom stereocenters. The monoisotopic (exact) mass is 349 g/mol. The maximum atomic E-state index is 12.5. The summed E-state index contributed by atoms with van der Waals surface area (Å²) in [5.41, 5.74) is 5.80. The molecule has 130 valence electrons. The zero-order valence-electron chi connectivity index (χ0n) is 13.0. The molecule has 7 nitrogen and oxygen atoms in total. The van der Waals surface area contributed by atoms with E-state index in [0.29, 0.717) is 5.56 Å². The third-order valence-electron chi connectivity index (χ3n) is 3.67. The Hall–Kier alpha value is -3.23. The number of nitrogens with one attached hydrogen (secondary N) is 1. The molecule has 0 bridgehead atoms. The van der Waals surface area contributed by atoms with Crippen molar-refractivity contribution in [2.75, 3.05) is 12.3 Å². The van der Waals surface area contributed by atoms with E-state index in [9.17, 15) is 23.2 Å². The average Bonchev–Trinajstić information content (AvgIpc) is 2.81. The van der Waals surface area contributed by atoms with Crippen molar-refractivity contribution < 1.29 is 23.1 Å². The molecule has 2 amide bonds. The predicted octanol–water partition coefficient (Wildman–Crippen LogP) is 1.26. The highest BCUT2D eigenvalue weighted by atomic mass is 19.3. The maximum Gasteiger partial charge on any atom is 0.272 e. The number of anilines is 1. The molecule has 2 heterocycles. The molecule has 0 spiro atoms. The zero-order valence-corrected chi connectivity index (χ0v) is 13.0. The van der Waals surface area contributed by atoms with E-state index in [2.05, 4.69) is 5.32 Å². The largest absolute Gasteiger partial charge is 0.485 e. The summed E-state index contributed by atoms with van der Waals surface area (Å²) in [6.07, 6.45) is -2.70. The van der Waals surface area contributed by atoms with Crippen LogP contribution in [0.25, 0.3) is 5.69 Å². The number of aromatic nitrogens is 1. The fourth-order valence-corrected chi connectivity index (χ4v) is 2.60. The van der Waals surface area contributed by atoms with Gasteiger partial charge in [0.1, 0.15) is 18.2 Å². The van der Waals surface area contributed by atoms with Gasteiger partial charge >= 0.3 is 0 Å². The lowest BCUT2D eigenvalue weighted by atomic mass is 10.1. The van der Waals surface area contributed by atoms with Crippen molar-refractivity contribution in [1.29, 1.82) is 0 Å². The Morgan fingerprint density at radius 1 is 1.20 bits per heavy atom. The van der Waals surface area contributed by atoms with Crippen LogP contribution in [0.1, 0.15) is 26.3 Å². The number of rotatable bonds is 4. The van der Waals surface area contributed by atoms with Crippen LogP contribution in [0.5, 0.6) is 5.75 Å². The molecule has 1 aliphatic rings. The molecule has 1 aliphatic heterocycles. The molecule has 0 aliphatic carbocycles. The molecule has 2 aromatic rings. The quantitative estimate of drug-likeness (QED) is 0.809. The van der Waals surface area contributed by atoms with Gasteiger partial charge in [0.05, 0.1) is 16.8 Å².